The van der Waals surface area contributed by atoms with Crippen LogP contribution in [0, 0.1) is 11.3 Å². The van der Waals surface area contributed by atoms with Crippen LogP contribution < -0.4 is 0 Å². The van der Waals surface area contributed by atoms with Crippen molar-refractivity contribution in [3.8, 4) is 6.07 Å². The molecule has 1 heterocycles. The molecular weight excluding hydrogens is 246 g/mol. The van der Waals surface area contributed by atoms with Gasteiger partial charge in [0.05, 0.1) is 17.8 Å². The molecule has 0 saturated heterocycles. The van der Waals surface area contributed by atoms with Crippen LogP contribution in [-0.4, -0.2) is 10.2 Å². The van der Waals surface area contributed by atoms with E-state index in [-0.39, 0.29) is 12.4 Å². The van der Waals surface area contributed by atoms with Crippen molar-refractivity contribution < 1.29 is 0 Å². The van der Waals surface area contributed by atoms with Crippen LogP contribution in [0.3, 0.4) is 0 Å². The lowest BCUT2D eigenvalue weighted by atomic mass is 9.93. The minimum Gasteiger partial charge on any atom is -0.282 e. The summed E-state index contributed by atoms with van der Waals surface area (Å²) in [5, 5.41) is 16.0. The number of aromatic amines is 1. The Bertz CT molecular complexity index is 580. The molecule has 3 rings (SSSR count). The largest absolute Gasteiger partial charge is 0.282 e. The molecule has 3 nitrogen and oxygen atoms in total. The van der Waals surface area contributed by atoms with Gasteiger partial charge in [-0.05, 0) is 30.0 Å². The summed E-state index contributed by atoms with van der Waals surface area (Å²) in [7, 11) is 0. The Balaban J connectivity index is 0.00000120. The van der Waals surface area contributed by atoms with E-state index in [0.717, 1.165) is 6.42 Å². The SMILES string of the molecule is CC1CC(c2ccc(C#N)cc2)c2cn[nH]c21.Cl. The molecule has 18 heavy (non-hydrogen) atoms. The van der Waals surface area contributed by atoms with E-state index in [1.165, 1.54) is 16.8 Å². The second-order valence-electron chi connectivity index (χ2n) is 4.66. The number of hydrogen-bond donors (Lipinski definition) is 1. The van der Waals surface area contributed by atoms with Crippen LogP contribution in [0.25, 0.3) is 0 Å². The van der Waals surface area contributed by atoms with E-state index in [9.17, 15) is 0 Å². The smallest absolute Gasteiger partial charge is 0.0991 e. The summed E-state index contributed by atoms with van der Waals surface area (Å²) in [6.45, 7) is 2.22. The van der Waals surface area contributed by atoms with Gasteiger partial charge < -0.3 is 0 Å². The molecule has 0 aliphatic heterocycles. The van der Waals surface area contributed by atoms with Gasteiger partial charge in [-0.3, -0.25) is 5.10 Å². The Hall–Kier alpha value is -1.79. The maximum absolute atomic E-state index is 8.80. The van der Waals surface area contributed by atoms with Crippen molar-refractivity contribution in [2.75, 3.05) is 0 Å². The van der Waals surface area contributed by atoms with Gasteiger partial charge in [0.15, 0.2) is 0 Å². The molecule has 4 heteroatoms. The molecule has 92 valence electrons. The van der Waals surface area contributed by atoms with E-state index < -0.39 is 0 Å². The number of H-pyrrole nitrogens is 1. The highest BCUT2D eigenvalue weighted by molar-refractivity contribution is 5.85. The quantitative estimate of drug-likeness (QED) is 0.854. The van der Waals surface area contributed by atoms with Crippen molar-refractivity contribution in [3.63, 3.8) is 0 Å². The Morgan fingerprint density at radius 1 is 1.33 bits per heavy atom. The molecule has 1 aliphatic rings. The molecule has 0 bridgehead atoms. The van der Waals surface area contributed by atoms with Crippen LogP contribution in [0.15, 0.2) is 30.5 Å². The van der Waals surface area contributed by atoms with Gasteiger partial charge >= 0.3 is 0 Å². The third-order valence-corrected chi connectivity index (χ3v) is 3.60. The fraction of sp³-hybridized carbons (Fsp3) is 0.286. The highest BCUT2D eigenvalue weighted by atomic mass is 35.5. The van der Waals surface area contributed by atoms with Gasteiger partial charge in [-0.1, -0.05) is 19.1 Å². The summed E-state index contributed by atoms with van der Waals surface area (Å²) in [5.74, 6) is 0.958. The average Bonchev–Trinajstić information content (AvgIpc) is 2.94. The second-order valence-corrected chi connectivity index (χ2v) is 4.66. The van der Waals surface area contributed by atoms with Crippen molar-refractivity contribution in [2.24, 2.45) is 0 Å². The summed E-state index contributed by atoms with van der Waals surface area (Å²) in [6.07, 6.45) is 3.05. The number of halogens is 1. The first-order valence-corrected chi connectivity index (χ1v) is 5.83. The molecule has 2 aromatic rings. The highest BCUT2D eigenvalue weighted by Crippen LogP contribution is 2.43. The Labute approximate surface area is 112 Å². The summed E-state index contributed by atoms with van der Waals surface area (Å²) in [6, 6.07) is 10.0. The number of hydrogen-bond acceptors (Lipinski definition) is 2. The molecule has 0 amide bonds. The molecule has 1 aromatic heterocycles. The predicted molar refractivity (Wildman–Crippen MR) is 71.9 cm³/mol. The van der Waals surface area contributed by atoms with Gasteiger partial charge in [0, 0.05) is 17.2 Å². The number of nitrogens with one attached hydrogen (secondary N) is 1. The van der Waals surface area contributed by atoms with Crippen molar-refractivity contribution in [1.82, 2.24) is 10.2 Å². The molecule has 1 N–H and O–H groups in total. The van der Waals surface area contributed by atoms with Crippen LogP contribution in [-0.2, 0) is 0 Å². The van der Waals surface area contributed by atoms with Crippen LogP contribution >= 0.6 is 12.4 Å². The van der Waals surface area contributed by atoms with E-state index in [2.05, 4.69) is 35.3 Å². The molecule has 2 unspecified atom stereocenters. The van der Waals surface area contributed by atoms with Gasteiger partial charge in [-0.2, -0.15) is 10.4 Å². The monoisotopic (exact) mass is 259 g/mol. The number of aromatic nitrogens is 2. The fourth-order valence-corrected chi connectivity index (χ4v) is 2.68. The molecule has 0 fully saturated rings. The predicted octanol–water partition coefficient (Wildman–Crippen LogP) is 3.34. The normalized spacial score (nSPS) is 20.9. The van der Waals surface area contributed by atoms with Crippen LogP contribution in [0.4, 0.5) is 0 Å². The van der Waals surface area contributed by atoms with Crippen LogP contribution in [0.2, 0.25) is 0 Å². The maximum atomic E-state index is 8.80. The first-order chi connectivity index (χ1) is 8.29. The van der Waals surface area contributed by atoms with Crippen molar-refractivity contribution in [1.29, 1.82) is 5.26 Å². The minimum absolute atomic E-state index is 0. The zero-order chi connectivity index (χ0) is 11.8. The Morgan fingerprint density at radius 3 is 2.72 bits per heavy atom. The minimum atomic E-state index is 0. The molecule has 0 spiro atoms. The van der Waals surface area contributed by atoms with E-state index in [1.54, 1.807) is 0 Å². The average molecular weight is 260 g/mol. The third-order valence-electron chi connectivity index (χ3n) is 3.60. The standard InChI is InChI=1S/C14H13N3.ClH/c1-9-6-12(13-8-16-17-14(9)13)11-4-2-10(7-15)3-5-11;/h2-5,8-9,12H,6H2,1H3,(H,16,17);1H. The van der Waals surface area contributed by atoms with Crippen molar-refractivity contribution in [2.45, 2.75) is 25.2 Å². The second kappa shape index (κ2) is 4.83. The Morgan fingerprint density at radius 2 is 2.06 bits per heavy atom. The number of nitriles is 1. The molecule has 1 aromatic carbocycles. The van der Waals surface area contributed by atoms with Crippen LogP contribution in [0.1, 0.15) is 47.6 Å². The Kier molecular flexibility index (Phi) is 3.40. The van der Waals surface area contributed by atoms with Gasteiger partial charge in [0.25, 0.3) is 0 Å². The molecule has 0 radical (unpaired) electrons. The number of benzene rings is 1. The van der Waals surface area contributed by atoms with Gasteiger partial charge in [-0.15, -0.1) is 12.4 Å². The lowest BCUT2D eigenvalue weighted by Gasteiger charge is -2.10. The van der Waals surface area contributed by atoms with E-state index in [0.29, 0.717) is 17.4 Å². The molecular formula is C14H14ClN3. The zero-order valence-corrected chi connectivity index (χ0v) is 10.9. The highest BCUT2D eigenvalue weighted by Gasteiger charge is 2.30. The van der Waals surface area contributed by atoms with Gasteiger partial charge in [0.2, 0.25) is 0 Å². The number of fused-ring (bicyclic) bond motifs is 1. The number of nitrogens with zero attached hydrogens (tertiary/aromatic N) is 2. The van der Waals surface area contributed by atoms with Crippen molar-refractivity contribution >= 4 is 12.4 Å². The fourth-order valence-electron chi connectivity index (χ4n) is 2.68. The summed E-state index contributed by atoms with van der Waals surface area (Å²) in [5.41, 5.74) is 4.56. The topological polar surface area (TPSA) is 52.5 Å². The molecule has 2 atom stereocenters. The number of rotatable bonds is 1. The first kappa shape index (κ1) is 12.7. The van der Waals surface area contributed by atoms with E-state index in [4.69, 9.17) is 5.26 Å². The lowest BCUT2D eigenvalue weighted by Crippen LogP contribution is -1.96. The zero-order valence-electron chi connectivity index (χ0n) is 10.1. The molecule has 0 saturated carbocycles. The molecule has 1 aliphatic carbocycles. The van der Waals surface area contributed by atoms with Crippen molar-refractivity contribution in [3.05, 3.63) is 52.8 Å². The summed E-state index contributed by atoms with van der Waals surface area (Å²) >= 11 is 0. The third kappa shape index (κ3) is 1.89. The lowest BCUT2D eigenvalue weighted by molar-refractivity contribution is 0.665. The summed E-state index contributed by atoms with van der Waals surface area (Å²) in [4.78, 5) is 0. The maximum Gasteiger partial charge on any atom is 0.0991 e. The van der Waals surface area contributed by atoms with E-state index >= 15 is 0 Å². The van der Waals surface area contributed by atoms with Gasteiger partial charge in [0.1, 0.15) is 0 Å². The summed E-state index contributed by atoms with van der Waals surface area (Å²) < 4.78 is 0. The van der Waals surface area contributed by atoms with Gasteiger partial charge in [-0.25, -0.2) is 0 Å². The van der Waals surface area contributed by atoms with Crippen LogP contribution in [0.5, 0.6) is 0 Å². The van der Waals surface area contributed by atoms with E-state index in [1.807, 2.05) is 18.3 Å². The first-order valence-electron chi connectivity index (χ1n) is 5.83.